The zero-order chi connectivity index (χ0) is 14.9. The lowest BCUT2D eigenvalue weighted by Crippen LogP contribution is -2.09. The summed E-state index contributed by atoms with van der Waals surface area (Å²) >= 11 is 0. The lowest BCUT2D eigenvalue weighted by atomic mass is 9.83. The maximum absolute atomic E-state index is 5.36. The van der Waals surface area contributed by atoms with Crippen LogP contribution in [0, 0.1) is 0 Å². The Morgan fingerprint density at radius 3 is 2.77 bits per heavy atom. The molecular formula is C16H17N5O. The van der Waals surface area contributed by atoms with Gasteiger partial charge in [-0.1, -0.05) is 24.6 Å². The Labute approximate surface area is 128 Å². The molecule has 4 rings (SSSR count). The van der Waals surface area contributed by atoms with E-state index in [9.17, 15) is 0 Å². The van der Waals surface area contributed by atoms with Crippen molar-refractivity contribution in [2.75, 3.05) is 5.32 Å². The van der Waals surface area contributed by atoms with E-state index >= 15 is 0 Å². The van der Waals surface area contributed by atoms with Crippen molar-refractivity contribution < 1.29 is 4.52 Å². The van der Waals surface area contributed by atoms with E-state index in [1.54, 1.807) is 0 Å². The van der Waals surface area contributed by atoms with E-state index in [2.05, 4.69) is 26.6 Å². The molecule has 0 radical (unpaired) electrons. The first-order chi connectivity index (χ1) is 10.8. The number of benzene rings is 1. The second-order valence-corrected chi connectivity index (χ2v) is 5.62. The summed E-state index contributed by atoms with van der Waals surface area (Å²) in [6.45, 7) is 0. The fourth-order valence-electron chi connectivity index (χ4n) is 2.62. The minimum atomic E-state index is 0.451. The molecule has 6 heteroatoms. The standard InChI is InChI=1S/C16H17N5O/c1-21-14(10-13(19-21)11-6-5-7-11)15-18-16(20-22-15)17-12-8-3-2-4-9-12/h2-4,8-11H,5-7H2,1H3,(H,17,20). The van der Waals surface area contributed by atoms with Gasteiger partial charge in [0.15, 0.2) is 0 Å². The molecule has 1 fully saturated rings. The first-order valence-electron chi connectivity index (χ1n) is 7.50. The normalized spacial score (nSPS) is 14.8. The fourth-order valence-corrected chi connectivity index (χ4v) is 2.62. The highest BCUT2D eigenvalue weighted by molar-refractivity contribution is 5.56. The number of rotatable bonds is 4. The van der Waals surface area contributed by atoms with Gasteiger partial charge < -0.3 is 9.84 Å². The molecule has 112 valence electrons. The minimum Gasteiger partial charge on any atom is -0.330 e. The number of hydrogen-bond donors (Lipinski definition) is 1. The van der Waals surface area contributed by atoms with Crippen molar-refractivity contribution in [2.45, 2.75) is 25.2 Å². The molecule has 1 N–H and O–H groups in total. The number of nitrogens with zero attached hydrogens (tertiary/aromatic N) is 4. The molecular weight excluding hydrogens is 278 g/mol. The number of nitrogens with one attached hydrogen (secondary N) is 1. The maximum Gasteiger partial charge on any atom is 0.277 e. The highest BCUT2D eigenvalue weighted by Gasteiger charge is 2.24. The molecule has 3 aromatic rings. The summed E-state index contributed by atoms with van der Waals surface area (Å²) in [7, 11) is 1.91. The van der Waals surface area contributed by atoms with E-state index in [4.69, 9.17) is 4.52 Å². The molecule has 1 saturated carbocycles. The Balaban J connectivity index is 1.57. The van der Waals surface area contributed by atoms with E-state index in [0.29, 0.717) is 17.8 Å². The van der Waals surface area contributed by atoms with Gasteiger partial charge in [-0.2, -0.15) is 10.1 Å². The first-order valence-corrected chi connectivity index (χ1v) is 7.50. The molecule has 2 aromatic heterocycles. The van der Waals surface area contributed by atoms with Crippen molar-refractivity contribution in [3.63, 3.8) is 0 Å². The molecule has 0 saturated heterocycles. The second-order valence-electron chi connectivity index (χ2n) is 5.62. The molecule has 6 nitrogen and oxygen atoms in total. The number of hydrogen-bond acceptors (Lipinski definition) is 5. The summed E-state index contributed by atoms with van der Waals surface area (Å²) in [5, 5.41) is 11.7. The molecule has 0 amide bonds. The lowest BCUT2D eigenvalue weighted by Gasteiger charge is -2.22. The Bertz CT molecular complexity index is 773. The summed E-state index contributed by atoms with van der Waals surface area (Å²) in [6, 6.07) is 11.8. The summed E-state index contributed by atoms with van der Waals surface area (Å²) in [6.07, 6.45) is 3.74. The summed E-state index contributed by atoms with van der Waals surface area (Å²) in [4.78, 5) is 4.40. The van der Waals surface area contributed by atoms with Crippen LogP contribution in [0.5, 0.6) is 0 Å². The molecule has 0 aliphatic heterocycles. The van der Waals surface area contributed by atoms with E-state index in [1.807, 2.05) is 42.1 Å². The molecule has 0 bridgehead atoms. The molecule has 0 unspecified atom stereocenters. The fraction of sp³-hybridized carbons (Fsp3) is 0.312. The van der Waals surface area contributed by atoms with Gasteiger partial charge in [0.1, 0.15) is 5.69 Å². The third-order valence-electron chi connectivity index (χ3n) is 4.10. The van der Waals surface area contributed by atoms with Crippen molar-refractivity contribution in [1.29, 1.82) is 0 Å². The topological polar surface area (TPSA) is 68.8 Å². The Hall–Kier alpha value is -2.63. The van der Waals surface area contributed by atoms with Crippen molar-refractivity contribution in [1.82, 2.24) is 19.9 Å². The van der Waals surface area contributed by atoms with Gasteiger partial charge >= 0.3 is 0 Å². The Morgan fingerprint density at radius 2 is 2.05 bits per heavy atom. The quantitative estimate of drug-likeness (QED) is 0.798. The van der Waals surface area contributed by atoms with E-state index in [0.717, 1.165) is 17.1 Å². The van der Waals surface area contributed by atoms with Gasteiger partial charge in [-0.15, -0.1) is 0 Å². The van der Waals surface area contributed by atoms with Crippen LogP contribution in [0.3, 0.4) is 0 Å². The lowest BCUT2D eigenvalue weighted by molar-refractivity contribution is 0.407. The summed E-state index contributed by atoms with van der Waals surface area (Å²) in [5.74, 6) is 1.52. The third-order valence-corrected chi connectivity index (χ3v) is 4.10. The second kappa shape index (κ2) is 5.29. The first kappa shape index (κ1) is 13.1. The average Bonchev–Trinajstić information content (AvgIpc) is 3.05. The number of anilines is 2. The Kier molecular flexibility index (Phi) is 3.14. The van der Waals surface area contributed by atoms with E-state index in [-0.39, 0.29) is 0 Å². The van der Waals surface area contributed by atoms with Gasteiger partial charge in [0, 0.05) is 18.7 Å². The molecule has 22 heavy (non-hydrogen) atoms. The van der Waals surface area contributed by atoms with Gasteiger partial charge in [-0.25, -0.2) is 0 Å². The number of aromatic nitrogens is 4. The number of para-hydroxylation sites is 1. The van der Waals surface area contributed by atoms with Crippen LogP contribution in [0.1, 0.15) is 30.9 Å². The largest absolute Gasteiger partial charge is 0.330 e. The van der Waals surface area contributed by atoms with Crippen LogP contribution in [0.4, 0.5) is 11.6 Å². The third kappa shape index (κ3) is 2.36. The van der Waals surface area contributed by atoms with Crippen LogP contribution in [-0.2, 0) is 7.05 Å². The van der Waals surface area contributed by atoms with Crippen LogP contribution >= 0.6 is 0 Å². The molecule has 1 aliphatic carbocycles. The maximum atomic E-state index is 5.36. The van der Waals surface area contributed by atoms with Crippen LogP contribution in [0.25, 0.3) is 11.6 Å². The zero-order valence-corrected chi connectivity index (χ0v) is 12.4. The van der Waals surface area contributed by atoms with E-state index in [1.165, 1.54) is 19.3 Å². The summed E-state index contributed by atoms with van der Waals surface area (Å²) < 4.78 is 7.18. The van der Waals surface area contributed by atoms with E-state index < -0.39 is 0 Å². The zero-order valence-electron chi connectivity index (χ0n) is 12.4. The smallest absolute Gasteiger partial charge is 0.277 e. The van der Waals surface area contributed by atoms with Crippen LogP contribution in [0.2, 0.25) is 0 Å². The molecule has 1 aromatic carbocycles. The Morgan fingerprint density at radius 1 is 1.23 bits per heavy atom. The predicted octanol–water partition coefficient (Wildman–Crippen LogP) is 3.48. The van der Waals surface area contributed by atoms with Gasteiger partial charge in [0.2, 0.25) is 0 Å². The van der Waals surface area contributed by atoms with Gasteiger partial charge in [-0.05, 0) is 36.2 Å². The highest BCUT2D eigenvalue weighted by Crippen LogP contribution is 2.36. The predicted molar refractivity (Wildman–Crippen MR) is 82.8 cm³/mol. The van der Waals surface area contributed by atoms with Crippen molar-refractivity contribution in [3.8, 4) is 11.6 Å². The van der Waals surface area contributed by atoms with Crippen molar-refractivity contribution in [2.24, 2.45) is 7.05 Å². The summed E-state index contributed by atoms with van der Waals surface area (Å²) in [5.41, 5.74) is 2.91. The minimum absolute atomic E-state index is 0.451. The number of aryl methyl sites for hydroxylation is 1. The molecule has 0 spiro atoms. The highest BCUT2D eigenvalue weighted by atomic mass is 16.5. The van der Waals surface area contributed by atoms with Crippen LogP contribution in [0.15, 0.2) is 40.9 Å². The van der Waals surface area contributed by atoms with Gasteiger partial charge in [0.05, 0.1) is 5.69 Å². The molecule has 2 heterocycles. The average molecular weight is 295 g/mol. The van der Waals surface area contributed by atoms with Crippen molar-refractivity contribution >= 4 is 11.6 Å². The van der Waals surface area contributed by atoms with Crippen LogP contribution < -0.4 is 5.32 Å². The van der Waals surface area contributed by atoms with Crippen molar-refractivity contribution in [3.05, 3.63) is 42.1 Å². The van der Waals surface area contributed by atoms with Gasteiger partial charge in [0.25, 0.3) is 11.8 Å². The SMILES string of the molecule is Cn1nc(C2CCC2)cc1-c1nc(Nc2ccccc2)no1. The molecule has 1 aliphatic rings. The van der Waals surface area contributed by atoms with Gasteiger partial charge in [-0.3, -0.25) is 4.68 Å². The molecule has 0 atom stereocenters. The van der Waals surface area contributed by atoms with Crippen LogP contribution in [-0.4, -0.2) is 19.9 Å². The monoisotopic (exact) mass is 295 g/mol.